The summed E-state index contributed by atoms with van der Waals surface area (Å²) >= 11 is 0. The van der Waals surface area contributed by atoms with Gasteiger partial charge >= 0.3 is 5.97 Å². The molecule has 0 unspecified atom stereocenters. The third kappa shape index (κ3) is 6.48. The number of unbranched alkanes of at least 4 members (excludes halogenated alkanes) is 1. The van der Waals surface area contributed by atoms with Gasteiger partial charge in [-0.1, -0.05) is 12.1 Å². The van der Waals surface area contributed by atoms with Crippen LogP contribution in [0.25, 0.3) is 0 Å². The maximum atomic E-state index is 14.6. The largest absolute Gasteiger partial charge is 0.496 e. The van der Waals surface area contributed by atoms with Gasteiger partial charge in [-0.2, -0.15) is 0 Å². The molecule has 1 aromatic carbocycles. The van der Waals surface area contributed by atoms with Crippen LogP contribution in [0.4, 0.5) is 10.2 Å². The number of pyridine rings is 1. The van der Waals surface area contributed by atoms with E-state index in [2.05, 4.69) is 22.4 Å². The number of nitrogens with zero attached hydrogens (tertiary/aromatic N) is 2. The number of halogens is 1. The van der Waals surface area contributed by atoms with Crippen LogP contribution in [0.5, 0.6) is 5.75 Å². The van der Waals surface area contributed by atoms with Crippen LogP contribution in [0, 0.1) is 5.82 Å². The van der Waals surface area contributed by atoms with Gasteiger partial charge in [-0.3, -0.25) is 9.69 Å². The van der Waals surface area contributed by atoms with Crippen LogP contribution in [-0.4, -0.2) is 67.1 Å². The van der Waals surface area contributed by atoms with Crippen molar-refractivity contribution in [2.24, 2.45) is 0 Å². The molecule has 1 saturated carbocycles. The van der Waals surface area contributed by atoms with E-state index in [1.165, 1.54) is 30.5 Å². The monoisotopic (exact) mass is 553 g/mol. The number of methoxy groups -OCH3 is 1. The van der Waals surface area contributed by atoms with E-state index < -0.39 is 17.8 Å². The number of fused-ring (bicyclic) bond motifs is 1. The van der Waals surface area contributed by atoms with Crippen molar-refractivity contribution < 1.29 is 28.5 Å². The SMILES string of the molecule is COc1cc(F)cc([C@H](C(=O)O)N(C)C2CC(OCCCCC3=CCc4cccnc4N3)C2)c1C1CCOCC1. The van der Waals surface area contributed by atoms with Gasteiger partial charge in [0, 0.05) is 49.4 Å². The molecule has 216 valence electrons. The molecule has 2 N–H and O–H groups in total. The predicted octanol–water partition coefficient (Wildman–Crippen LogP) is 5.45. The van der Waals surface area contributed by atoms with Gasteiger partial charge in [-0.05, 0) is 87.6 Å². The normalized spacial score (nSPS) is 21.6. The second-order valence-electron chi connectivity index (χ2n) is 11.0. The highest BCUT2D eigenvalue weighted by Crippen LogP contribution is 2.42. The summed E-state index contributed by atoms with van der Waals surface area (Å²) in [7, 11) is 3.33. The molecule has 1 atom stereocenters. The van der Waals surface area contributed by atoms with E-state index in [9.17, 15) is 14.3 Å². The molecule has 1 aliphatic carbocycles. The fraction of sp³-hybridized carbons (Fsp3) is 0.548. The highest BCUT2D eigenvalue weighted by molar-refractivity contribution is 5.77. The molecule has 9 heteroatoms. The number of carbonyl (C=O) groups is 1. The quantitative estimate of drug-likeness (QED) is 0.335. The second-order valence-corrected chi connectivity index (χ2v) is 11.0. The van der Waals surface area contributed by atoms with Crippen LogP contribution in [0.1, 0.15) is 73.6 Å². The Kier molecular flexibility index (Phi) is 9.34. The Morgan fingerprint density at radius 1 is 1.27 bits per heavy atom. The molecule has 0 spiro atoms. The first kappa shape index (κ1) is 28.5. The molecular formula is C31H40FN3O5. The molecule has 0 radical (unpaired) electrons. The lowest BCUT2D eigenvalue weighted by atomic mass is 9.82. The summed E-state index contributed by atoms with van der Waals surface area (Å²) in [6.45, 7) is 1.87. The first-order valence-electron chi connectivity index (χ1n) is 14.4. The van der Waals surface area contributed by atoms with Gasteiger partial charge in [-0.15, -0.1) is 0 Å². The summed E-state index contributed by atoms with van der Waals surface area (Å²) in [5.41, 5.74) is 3.71. The molecule has 2 fully saturated rings. The summed E-state index contributed by atoms with van der Waals surface area (Å²) in [6.07, 6.45) is 11.0. The number of rotatable bonds is 12. The van der Waals surface area contributed by atoms with Crippen molar-refractivity contribution >= 4 is 11.8 Å². The Balaban J connectivity index is 1.13. The van der Waals surface area contributed by atoms with Gasteiger partial charge in [-0.25, -0.2) is 9.37 Å². The van der Waals surface area contributed by atoms with E-state index in [4.69, 9.17) is 14.2 Å². The number of hydrogen-bond acceptors (Lipinski definition) is 7. The average molecular weight is 554 g/mol. The van der Waals surface area contributed by atoms with E-state index in [1.54, 1.807) is 0 Å². The fourth-order valence-corrected chi connectivity index (χ4v) is 6.16. The third-order valence-electron chi connectivity index (χ3n) is 8.50. The van der Waals surface area contributed by atoms with Crippen LogP contribution >= 0.6 is 0 Å². The van der Waals surface area contributed by atoms with Crippen LogP contribution < -0.4 is 10.1 Å². The molecule has 1 saturated heterocycles. The van der Waals surface area contributed by atoms with Gasteiger partial charge in [0.05, 0.1) is 13.2 Å². The number of hydrogen-bond donors (Lipinski definition) is 2. The van der Waals surface area contributed by atoms with Crippen LogP contribution in [0.3, 0.4) is 0 Å². The molecule has 1 aromatic heterocycles. The minimum absolute atomic E-state index is 0.0482. The van der Waals surface area contributed by atoms with Gasteiger partial charge in [0.25, 0.3) is 0 Å². The number of aromatic nitrogens is 1. The van der Waals surface area contributed by atoms with Crippen molar-refractivity contribution in [2.75, 3.05) is 39.3 Å². The van der Waals surface area contributed by atoms with Gasteiger partial charge in [0.15, 0.2) is 0 Å². The Morgan fingerprint density at radius 2 is 2.08 bits per heavy atom. The number of benzene rings is 1. The number of nitrogens with one attached hydrogen (secondary N) is 1. The summed E-state index contributed by atoms with van der Waals surface area (Å²) in [4.78, 5) is 18.9. The van der Waals surface area contributed by atoms with E-state index in [0.29, 0.717) is 31.1 Å². The molecule has 40 heavy (non-hydrogen) atoms. The average Bonchev–Trinajstić information content (AvgIpc) is 2.93. The van der Waals surface area contributed by atoms with Gasteiger partial charge < -0.3 is 24.6 Å². The summed E-state index contributed by atoms with van der Waals surface area (Å²) in [6, 6.07) is 5.87. The zero-order valence-electron chi connectivity index (χ0n) is 23.4. The lowest BCUT2D eigenvalue weighted by Crippen LogP contribution is -2.49. The summed E-state index contributed by atoms with van der Waals surface area (Å²) in [5.74, 6) is -0.0428. The van der Waals surface area contributed by atoms with Crippen molar-refractivity contribution in [2.45, 2.75) is 75.5 Å². The maximum absolute atomic E-state index is 14.6. The molecule has 8 nitrogen and oxygen atoms in total. The zero-order valence-corrected chi connectivity index (χ0v) is 23.4. The van der Waals surface area contributed by atoms with E-state index >= 15 is 0 Å². The first-order chi connectivity index (χ1) is 19.4. The zero-order chi connectivity index (χ0) is 28.1. The molecule has 0 amide bonds. The number of carboxylic acids is 1. The second kappa shape index (κ2) is 13.1. The molecule has 3 aliphatic rings. The Bertz CT molecular complexity index is 1210. The number of likely N-dealkylation sites (N-methyl/N-ethyl adjacent to an activating group) is 1. The number of aliphatic carboxylic acids is 1. The number of allylic oxidation sites excluding steroid dienone is 2. The van der Waals surface area contributed by atoms with E-state index in [-0.39, 0.29) is 18.1 Å². The fourth-order valence-electron chi connectivity index (χ4n) is 6.16. The Labute approximate surface area is 235 Å². The first-order valence-corrected chi connectivity index (χ1v) is 14.4. The molecule has 0 bridgehead atoms. The Hall–Kier alpha value is -3.01. The van der Waals surface area contributed by atoms with Crippen molar-refractivity contribution in [3.05, 3.63) is 64.7 Å². The van der Waals surface area contributed by atoms with Crippen molar-refractivity contribution in [1.29, 1.82) is 0 Å². The van der Waals surface area contributed by atoms with Crippen LogP contribution in [0.15, 0.2) is 42.2 Å². The highest BCUT2D eigenvalue weighted by atomic mass is 19.1. The third-order valence-corrected chi connectivity index (χ3v) is 8.50. The molecule has 3 heterocycles. The predicted molar refractivity (Wildman–Crippen MR) is 150 cm³/mol. The highest BCUT2D eigenvalue weighted by Gasteiger charge is 2.40. The molecular weight excluding hydrogens is 513 g/mol. The smallest absolute Gasteiger partial charge is 0.325 e. The van der Waals surface area contributed by atoms with Gasteiger partial charge in [0.1, 0.15) is 23.4 Å². The molecule has 2 aliphatic heterocycles. The van der Waals surface area contributed by atoms with Crippen LogP contribution in [0.2, 0.25) is 0 Å². The molecule has 5 rings (SSSR count). The van der Waals surface area contributed by atoms with Crippen LogP contribution in [-0.2, 0) is 20.7 Å². The maximum Gasteiger partial charge on any atom is 0.325 e. The summed E-state index contributed by atoms with van der Waals surface area (Å²) in [5, 5.41) is 13.7. The Morgan fingerprint density at radius 3 is 2.83 bits per heavy atom. The van der Waals surface area contributed by atoms with Gasteiger partial charge in [0.2, 0.25) is 0 Å². The minimum Gasteiger partial charge on any atom is -0.496 e. The lowest BCUT2D eigenvalue weighted by molar-refractivity contribution is -0.146. The number of carboxylic acid groups (broad SMARTS) is 1. The summed E-state index contributed by atoms with van der Waals surface area (Å²) < 4.78 is 31.8. The van der Waals surface area contributed by atoms with Crippen molar-refractivity contribution in [1.82, 2.24) is 9.88 Å². The topological polar surface area (TPSA) is 93.2 Å². The number of ether oxygens (including phenoxy) is 3. The van der Waals surface area contributed by atoms with E-state index in [1.807, 2.05) is 24.2 Å². The minimum atomic E-state index is -0.990. The molecule has 2 aromatic rings. The standard InChI is InChI=1S/C31H40FN3O5/c1-35(29(31(36)37)26-16-22(32)17-27(38-2)28(26)20-10-14-39-15-11-20)24-18-25(19-24)40-13-4-3-7-23-9-8-21-6-5-12-33-30(21)34-23/h5-6,9,12,16-17,20,24-25,29H,3-4,7-8,10-11,13-15,18-19H2,1-2H3,(H,33,34)(H,36,37)/t24?,25?,29-/m1/s1. The lowest BCUT2D eigenvalue weighted by Gasteiger charge is -2.44. The van der Waals surface area contributed by atoms with Crippen molar-refractivity contribution in [3.8, 4) is 5.75 Å². The van der Waals surface area contributed by atoms with E-state index in [0.717, 1.165) is 62.7 Å². The number of anilines is 1. The van der Waals surface area contributed by atoms with Crippen molar-refractivity contribution in [3.63, 3.8) is 0 Å².